The van der Waals surface area contributed by atoms with Gasteiger partial charge >= 0.3 is 6.18 Å². The normalized spacial score (nSPS) is 14.6. The predicted octanol–water partition coefficient (Wildman–Crippen LogP) is 7.04. The van der Waals surface area contributed by atoms with Crippen LogP contribution in [-0.2, 0) is 11.0 Å². The Kier molecular flexibility index (Phi) is 7.79. The number of fused-ring (bicyclic) bond motifs is 1. The van der Waals surface area contributed by atoms with E-state index >= 15 is 0 Å². The topological polar surface area (TPSA) is 32.8 Å². The molecule has 0 bridgehead atoms. The highest BCUT2D eigenvalue weighted by molar-refractivity contribution is 6.37. The summed E-state index contributed by atoms with van der Waals surface area (Å²) in [6, 6.07) is 19.6. The number of ether oxygens (including phenoxy) is 1. The van der Waals surface area contributed by atoms with Crippen LogP contribution in [0.1, 0.15) is 37.0 Å². The van der Waals surface area contributed by atoms with E-state index in [2.05, 4.69) is 18.7 Å². The zero-order valence-electron chi connectivity index (χ0n) is 20.4. The highest BCUT2D eigenvalue weighted by atomic mass is 19.4. The Morgan fingerprint density at radius 2 is 1.67 bits per heavy atom. The molecule has 36 heavy (non-hydrogen) atoms. The minimum atomic E-state index is -4.45. The van der Waals surface area contributed by atoms with Crippen LogP contribution >= 0.6 is 0 Å². The van der Waals surface area contributed by atoms with Gasteiger partial charge in [0, 0.05) is 17.8 Å². The van der Waals surface area contributed by atoms with Crippen LogP contribution in [0, 0.1) is 0 Å². The largest absolute Gasteiger partial charge is 0.494 e. The number of carbonyl (C=O) groups is 1. The van der Waals surface area contributed by atoms with Gasteiger partial charge in [-0.2, -0.15) is 13.2 Å². The molecule has 0 radical (unpaired) electrons. The van der Waals surface area contributed by atoms with Gasteiger partial charge in [-0.3, -0.25) is 9.69 Å². The molecule has 0 unspecified atom stereocenters. The predicted molar refractivity (Wildman–Crippen MR) is 137 cm³/mol. The number of hydrogen-bond donors (Lipinski definition) is 0. The molecule has 0 fully saturated rings. The molecular weight excluding hydrogens is 465 g/mol. The summed E-state index contributed by atoms with van der Waals surface area (Å²) in [5.74, 6) is 0.430. The molecule has 0 saturated heterocycles. The van der Waals surface area contributed by atoms with E-state index in [0.717, 1.165) is 43.9 Å². The summed E-state index contributed by atoms with van der Waals surface area (Å²) in [5.41, 5.74) is 1.95. The summed E-state index contributed by atoms with van der Waals surface area (Å²) >= 11 is 0. The van der Waals surface area contributed by atoms with E-state index in [-0.39, 0.29) is 5.91 Å². The van der Waals surface area contributed by atoms with Gasteiger partial charge in [0.05, 0.1) is 23.4 Å². The molecule has 3 aromatic rings. The summed E-state index contributed by atoms with van der Waals surface area (Å²) in [6.07, 6.45) is -2.01. The highest BCUT2D eigenvalue weighted by Crippen LogP contribution is 2.42. The summed E-state index contributed by atoms with van der Waals surface area (Å²) in [6.45, 7) is 7.89. The monoisotopic (exact) mass is 494 g/mol. The van der Waals surface area contributed by atoms with Crippen molar-refractivity contribution in [1.29, 1.82) is 0 Å². The SMILES string of the molecule is CCN(CC)CCCOc1ccc(N2C(=O)/C(=C\c3cccc(C(F)(F)F)c3)c3ccccc32)cc1. The molecule has 4 nitrogen and oxygen atoms in total. The summed E-state index contributed by atoms with van der Waals surface area (Å²) in [7, 11) is 0. The third kappa shape index (κ3) is 5.62. The molecule has 188 valence electrons. The van der Waals surface area contributed by atoms with E-state index in [4.69, 9.17) is 4.74 Å². The summed E-state index contributed by atoms with van der Waals surface area (Å²) in [4.78, 5) is 17.4. The quantitative estimate of drug-likeness (QED) is 0.236. The first-order valence-electron chi connectivity index (χ1n) is 12.1. The fourth-order valence-corrected chi connectivity index (χ4v) is 4.32. The van der Waals surface area contributed by atoms with Gasteiger partial charge < -0.3 is 9.64 Å². The fourth-order valence-electron chi connectivity index (χ4n) is 4.32. The molecule has 0 aliphatic carbocycles. The van der Waals surface area contributed by atoms with Gasteiger partial charge in [0.25, 0.3) is 5.91 Å². The molecule has 1 heterocycles. The second kappa shape index (κ2) is 11.0. The molecule has 0 spiro atoms. The average molecular weight is 495 g/mol. The Morgan fingerprint density at radius 3 is 2.36 bits per heavy atom. The summed E-state index contributed by atoms with van der Waals surface area (Å²) in [5, 5.41) is 0. The van der Waals surface area contributed by atoms with Gasteiger partial charge in [-0.05, 0) is 73.6 Å². The number of carbonyl (C=O) groups excluding carboxylic acids is 1. The van der Waals surface area contributed by atoms with Crippen molar-refractivity contribution < 1.29 is 22.7 Å². The minimum absolute atomic E-state index is 0.290. The zero-order valence-corrected chi connectivity index (χ0v) is 20.4. The van der Waals surface area contributed by atoms with Crippen molar-refractivity contribution in [1.82, 2.24) is 4.90 Å². The first kappa shape index (κ1) is 25.5. The van der Waals surface area contributed by atoms with Gasteiger partial charge in [-0.15, -0.1) is 0 Å². The molecular formula is C29H29F3N2O2. The highest BCUT2D eigenvalue weighted by Gasteiger charge is 2.34. The molecule has 7 heteroatoms. The number of alkyl halides is 3. The smallest absolute Gasteiger partial charge is 0.416 e. The Morgan fingerprint density at radius 1 is 0.944 bits per heavy atom. The van der Waals surface area contributed by atoms with Crippen LogP contribution in [0.2, 0.25) is 0 Å². The number of para-hydroxylation sites is 1. The van der Waals surface area contributed by atoms with E-state index in [1.165, 1.54) is 12.1 Å². The minimum Gasteiger partial charge on any atom is -0.494 e. The maximum atomic E-state index is 13.5. The van der Waals surface area contributed by atoms with E-state index < -0.39 is 11.7 Å². The van der Waals surface area contributed by atoms with Gasteiger partial charge in [0.2, 0.25) is 0 Å². The zero-order chi connectivity index (χ0) is 25.7. The number of nitrogens with zero attached hydrogens (tertiary/aromatic N) is 2. The lowest BCUT2D eigenvalue weighted by Crippen LogP contribution is -2.25. The van der Waals surface area contributed by atoms with E-state index in [1.54, 1.807) is 17.0 Å². The van der Waals surface area contributed by atoms with Gasteiger partial charge in [0.1, 0.15) is 5.75 Å². The maximum absolute atomic E-state index is 13.5. The van der Waals surface area contributed by atoms with Crippen molar-refractivity contribution >= 4 is 28.9 Å². The van der Waals surface area contributed by atoms with Crippen molar-refractivity contribution in [2.75, 3.05) is 31.1 Å². The Bertz CT molecular complexity index is 1230. The van der Waals surface area contributed by atoms with Crippen molar-refractivity contribution in [2.24, 2.45) is 0 Å². The molecule has 0 N–H and O–H groups in total. The number of amides is 1. The second-order valence-corrected chi connectivity index (χ2v) is 8.56. The van der Waals surface area contributed by atoms with E-state index in [9.17, 15) is 18.0 Å². The van der Waals surface area contributed by atoms with Crippen molar-refractivity contribution in [3.8, 4) is 5.75 Å². The van der Waals surface area contributed by atoms with E-state index in [1.807, 2.05) is 42.5 Å². The summed E-state index contributed by atoms with van der Waals surface area (Å²) < 4.78 is 45.4. The number of benzene rings is 3. The van der Waals surface area contributed by atoms with Crippen LogP contribution in [-0.4, -0.2) is 37.0 Å². The lowest BCUT2D eigenvalue weighted by atomic mass is 10.0. The standard InChI is InChI=1S/C29H29F3N2O2/c1-3-33(4-2)17-8-18-36-24-15-13-23(14-16-24)34-27-12-6-5-11-25(27)26(28(34)35)20-21-9-7-10-22(19-21)29(30,31)32/h5-7,9-16,19-20H,3-4,8,17-18H2,1-2H3/b26-20-. The van der Waals surface area contributed by atoms with Gasteiger partial charge in [-0.25, -0.2) is 0 Å². The third-order valence-corrected chi connectivity index (χ3v) is 6.27. The van der Waals surface area contributed by atoms with Crippen molar-refractivity contribution in [3.63, 3.8) is 0 Å². The van der Waals surface area contributed by atoms with E-state index in [0.29, 0.717) is 34.7 Å². The molecule has 1 amide bonds. The van der Waals surface area contributed by atoms with Crippen LogP contribution in [0.4, 0.5) is 24.5 Å². The Hall–Kier alpha value is -3.58. The first-order chi connectivity index (χ1) is 17.3. The molecule has 0 atom stereocenters. The molecule has 1 aliphatic rings. The van der Waals surface area contributed by atoms with Gasteiger partial charge in [-0.1, -0.05) is 44.2 Å². The average Bonchev–Trinajstić information content (AvgIpc) is 3.15. The van der Waals surface area contributed by atoms with Crippen LogP contribution in [0.15, 0.2) is 72.8 Å². The molecule has 3 aromatic carbocycles. The Labute approximate surface area is 209 Å². The molecule has 0 saturated carbocycles. The van der Waals surface area contributed by atoms with Crippen LogP contribution in [0.3, 0.4) is 0 Å². The number of anilines is 2. The van der Waals surface area contributed by atoms with Gasteiger partial charge in [0.15, 0.2) is 0 Å². The first-order valence-corrected chi connectivity index (χ1v) is 12.1. The van der Waals surface area contributed by atoms with Crippen LogP contribution in [0.25, 0.3) is 11.6 Å². The van der Waals surface area contributed by atoms with Crippen LogP contribution < -0.4 is 9.64 Å². The number of hydrogen-bond acceptors (Lipinski definition) is 3. The lowest BCUT2D eigenvalue weighted by Gasteiger charge is -2.19. The van der Waals surface area contributed by atoms with Crippen LogP contribution in [0.5, 0.6) is 5.75 Å². The Balaban J connectivity index is 1.54. The molecule has 4 rings (SSSR count). The maximum Gasteiger partial charge on any atom is 0.416 e. The second-order valence-electron chi connectivity index (χ2n) is 8.56. The molecule has 1 aliphatic heterocycles. The van der Waals surface area contributed by atoms with Crippen molar-refractivity contribution in [3.05, 3.63) is 89.5 Å². The number of halogens is 3. The fraction of sp³-hybridized carbons (Fsp3) is 0.276. The third-order valence-electron chi connectivity index (χ3n) is 6.27. The molecule has 0 aromatic heterocycles. The number of rotatable bonds is 9. The van der Waals surface area contributed by atoms with Crippen molar-refractivity contribution in [2.45, 2.75) is 26.4 Å². The lowest BCUT2D eigenvalue weighted by molar-refractivity contribution is -0.137.